The van der Waals surface area contributed by atoms with Crippen molar-refractivity contribution in [3.63, 3.8) is 0 Å². The second kappa shape index (κ2) is 6.44. The Kier molecular flexibility index (Phi) is 4.89. The maximum Gasteiger partial charge on any atom is 0.119 e. The highest BCUT2D eigenvalue weighted by Crippen LogP contribution is 2.33. The summed E-state index contributed by atoms with van der Waals surface area (Å²) in [4.78, 5) is 0.140. The van der Waals surface area contributed by atoms with Crippen molar-refractivity contribution in [1.29, 1.82) is 0 Å². The molecule has 2 aromatic rings. The summed E-state index contributed by atoms with van der Waals surface area (Å²) in [5.41, 5.74) is 3.43. The smallest absolute Gasteiger partial charge is 0.119 e. The minimum absolute atomic E-state index is 0.140. The van der Waals surface area contributed by atoms with Gasteiger partial charge in [-0.05, 0) is 48.7 Å². The molecule has 0 radical (unpaired) electrons. The summed E-state index contributed by atoms with van der Waals surface area (Å²) in [6.45, 7) is 4.67. The minimum atomic E-state index is 0.140. The van der Waals surface area contributed by atoms with Crippen LogP contribution in [-0.4, -0.2) is 6.61 Å². The normalized spacial score (nSPS) is 12.2. The SMILES string of the molecule is CCOc1ccc(C(Br)c2ccc(C)c(Cl)c2)cc1. The Morgan fingerprint density at radius 3 is 2.32 bits per heavy atom. The Morgan fingerprint density at radius 2 is 1.74 bits per heavy atom. The number of hydrogen-bond donors (Lipinski definition) is 0. The quantitative estimate of drug-likeness (QED) is 0.665. The lowest BCUT2D eigenvalue weighted by Crippen LogP contribution is -1.95. The second-order valence-corrected chi connectivity index (χ2v) is 5.70. The molecule has 0 bridgehead atoms. The average Bonchev–Trinajstić information content (AvgIpc) is 2.42. The summed E-state index contributed by atoms with van der Waals surface area (Å²) in [6.07, 6.45) is 0. The van der Waals surface area contributed by atoms with Gasteiger partial charge in [0, 0.05) is 5.02 Å². The summed E-state index contributed by atoms with van der Waals surface area (Å²) in [5.74, 6) is 0.896. The molecule has 0 saturated heterocycles. The van der Waals surface area contributed by atoms with Crippen LogP contribution in [0.4, 0.5) is 0 Å². The van der Waals surface area contributed by atoms with E-state index in [1.54, 1.807) is 0 Å². The molecule has 0 spiro atoms. The van der Waals surface area contributed by atoms with E-state index in [0.717, 1.165) is 21.9 Å². The number of halogens is 2. The topological polar surface area (TPSA) is 9.23 Å². The Balaban J connectivity index is 2.22. The van der Waals surface area contributed by atoms with Gasteiger partial charge >= 0.3 is 0 Å². The predicted octanol–water partition coefficient (Wildman–Crippen LogP) is 5.53. The molecule has 0 aliphatic carbocycles. The molecule has 0 saturated carbocycles. The van der Waals surface area contributed by atoms with Gasteiger partial charge in [0.05, 0.1) is 11.4 Å². The highest BCUT2D eigenvalue weighted by molar-refractivity contribution is 9.09. The monoisotopic (exact) mass is 338 g/mol. The van der Waals surface area contributed by atoms with Crippen LogP contribution >= 0.6 is 27.5 Å². The summed E-state index contributed by atoms with van der Waals surface area (Å²) >= 11 is 9.89. The van der Waals surface area contributed by atoms with Crippen LogP contribution in [0.15, 0.2) is 42.5 Å². The van der Waals surface area contributed by atoms with E-state index in [4.69, 9.17) is 16.3 Å². The first kappa shape index (κ1) is 14.4. The molecule has 1 nitrogen and oxygen atoms in total. The van der Waals surface area contributed by atoms with Gasteiger partial charge in [-0.15, -0.1) is 0 Å². The lowest BCUT2D eigenvalue weighted by molar-refractivity contribution is 0.340. The first-order chi connectivity index (χ1) is 9.11. The molecule has 1 atom stereocenters. The van der Waals surface area contributed by atoms with Crippen molar-refractivity contribution in [2.45, 2.75) is 18.7 Å². The van der Waals surface area contributed by atoms with Crippen molar-refractivity contribution in [2.24, 2.45) is 0 Å². The van der Waals surface area contributed by atoms with Crippen LogP contribution in [0.25, 0.3) is 0 Å². The Bertz CT molecular complexity index is 551. The van der Waals surface area contributed by atoms with Gasteiger partial charge in [0.1, 0.15) is 5.75 Å². The van der Waals surface area contributed by atoms with Gasteiger partial charge in [-0.1, -0.05) is 51.8 Å². The number of rotatable bonds is 4. The van der Waals surface area contributed by atoms with E-state index in [1.165, 1.54) is 5.56 Å². The van der Waals surface area contributed by atoms with Crippen molar-refractivity contribution in [3.8, 4) is 5.75 Å². The third-order valence-electron chi connectivity index (χ3n) is 2.97. The fourth-order valence-corrected chi connectivity index (χ4v) is 2.64. The number of aryl methyl sites for hydroxylation is 1. The molecule has 3 heteroatoms. The zero-order chi connectivity index (χ0) is 13.8. The fraction of sp³-hybridized carbons (Fsp3) is 0.250. The molecule has 19 heavy (non-hydrogen) atoms. The third kappa shape index (κ3) is 3.52. The lowest BCUT2D eigenvalue weighted by atomic mass is 10.0. The van der Waals surface area contributed by atoms with Gasteiger partial charge in [-0.25, -0.2) is 0 Å². The summed E-state index contributed by atoms with van der Waals surface area (Å²) in [5, 5.41) is 0.799. The average molecular weight is 340 g/mol. The highest BCUT2D eigenvalue weighted by atomic mass is 79.9. The highest BCUT2D eigenvalue weighted by Gasteiger charge is 2.11. The number of ether oxygens (including phenoxy) is 1. The van der Waals surface area contributed by atoms with E-state index in [-0.39, 0.29) is 4.83 Å². The number of hydrogen-bond acceptors (Lipinski definition) is 1. The number of alkyl halides is 1. The molecule has 2 aromatic carbocycles. The molecule has 0 N–H and O–H groups in total. The maximum absolute atomic E-state index is 6.17. The second-order valence-electron chi connectivity index (χ2n) is 4.37. The van der Waals surface area contributed by atoms with Crippen LogP contribution in [-0.2, 0) is 0 Å². The Morgan fingerprint density at radius 1 is 1.11 bits per heavy atom. The Labute approximate surface area is 127 Å². The van der Waals surface area contributed by atoms with E-state index >= 15 is 0 Å². The molecule has 100 valence electrons. The van der Waals surface area contributed by atoms with E-state index in [1.807, 2.05) is 38.1 Å². The van der Waals surface area contributed by atoms with Crippen LogP contribution in [0.5, 0.6) is 5.75 Å². The molecule has 0 aliphatic heterocycles. The van der Waals surface area contributed by atoms with Gasteiger partial charge in [-0.2, -0.15) is 0 Å². The van der Waals surface area contributed by atoms with Crippen LogP contribution in [0.2, 0.25) is 5.02 Å². The molecule has 0 amide bonds. The predicted molar refractivity (Wildman–Crippen MR) is 84.6 cm³/mol. The van der Waals surface area contributed by atoms with Crippen molar-refractivity contribution in [1.82, 2.24) is 0 Å². The minimum Gasteiger partial charge on any atom is -0.494 e. The van der Waals surface area contributed by atoms with Crippen LogP contribution in [0.1, 0.15) is 28.4 Å². The lowest BCUT2D eigenvalue weighted by Gasteiger charge is -2.13. The van der Waals surface area contributed by atoms with E-state index in [2.05, 4.69) is 34.1 Å². The molecule has 0 fully saturated rings. The maximum atomic E-state index is 6.17. The largest absolute Gasteiger partial charge is 0.494 e. The molecule has 0 heterocycles. The first-order valence-corrected chi connectivity index (χ1v) is 7.54. The van der Waals surface area contributed by atoms with E-state index in [9.17, 15) is 0 Å². The van der Waals surface area contributed by atoms with Crippen LogP contribution in [0.3, 0.4) is 0 Å². The van der Waals surface area contributed by atoms with Crippen molar-refractivity contribution >= 4 is 27.5 Å². The molecular weight excluding hydrogens is 324 g/mol. The number of benzene rings is 2. The molecule has 2 rings (SSSR count). The zero-order valence-electron chi connectivity index (χ0n) is 11.0. The van der Waals surface area contributed by atoms with Crippen LogP contribution < -0.4 is 4.74 Å². The Hall–Kier alpha value is -0.990. The third-order valence-corrected chi connectivity index (χ3v) is 4.44. The summed E-state index contributed by atoms with van der Waals surface area (Å²) in [6, 6.07) is 14.3. The molecule has 0 aliphatic rings. The fourth-order valence-electron chi connectivity index (χ4n) is 1.86. The van der Waals surface area contributed by atoms with Gasteiger partial charge in [0.25, 0.3) is 0 Å². The standard InChI is InChI=1S/C16H16BrClO/c1-3-19-14-8-6-12(7-9-14)16(17)13-5-4-11(2)15(18)10-13/h4-10,16H,3H2,1-2H3. The zero-order valence-corrected chi connectivity index (χ0v) is 13.3. The van der Waals surface area contributed by atoms with E-state index in [0.29, 0.717) is 6.61 Å². The molecular formula is C16H16BrClO. The van der Waals surface area contributed by atoms with Gasteiger partial charge in [0.15, 0.2) is 0 Å². The van der Waals surface area contributed by atoms with Gasteiger partial charge in [-0.3, -0.25) is 0 Å². The van der Waals surface area contributed by atoms with Crippen molar-refractivity contribution in [3.05, 3.63) is 64.2 Å². The summed E-state index contributed by atoms with van der Waals surface area (Å²) < 4.78 is 5.44. The first-order valence-electron chi connectivity index (χ1n) is 6.24. The van der Waals surface area contributed by atoms with Crippen molar-refractivity contribution in [2.75, 3.05) is 6.61 Å². The van der Waals surface area contributed by atoms with E-state index < -0.39 is 0 Å². The molecule has 0 aromatic heterocycles. The van der Waals surface area contributed by atoms with Crippen LogP contribution in [0, 0.1) is 6.92 Å². The van der Waals surface area contributed by atoms with Crippen molar-refractivity contribution < 1.29 is 4.74 Å². The van der Waals surface area contributed by atoms with Gasteiger partial charge in [0.2, 0.25) is 0 Å². The molecule has 1 unspecified atom stereocenters. The summed E-state index contributed by atoms with van der Waals surface area (Å²) in [7, 11) is 0. The van der Waals surface area contributed by atoms with Gasteiger partial charge < -0.3 is 4.74 Å².